The summed E-state index contributed by atoms with van der Waals surface area (Å²) in [5, 5.41) is 15.4. The fraction of sp³-hybridized carbons (Fsp3) is 0.238. The molecule has 1 N–H and O–H groups in total. The number of hydrogen-bond acceptors (Lipinski definition) is 7. The number of carbonyl (C=O) groups is 1. The smallest absolute Gasteiger partial charge is 0.273 e. The lowest BCUT2D eigenvalue weighted by Crippen LogP contribution is -2.15. The molecule has 0 aliphatic heterocycles. The third-order valence-electron chi connectivity index (χ3n) is 4.45. The van der Waals surface area contributed by atoms with E-state index in [1.807, 2.05) is 25.1 Å². The number of rotatable bonds is 8. The fourth-order valence-corrected chi connectivity index (χ4v) is 3.79. The number of nitrogens with one attached hydrogen (secondary N) is 1. The van der Waals surface area contributed by atoms with Gasteiger partial charge in [-0.05, 0) is 42.3 Å². The van der Waals surface area contributed by atoms with E-state index in [0.29, 0.717) is 5.69 Å². The molecular formula is C21H21N3O5S. The number of nitro groups is 1. The zero-order valence-electron chi connectivity index (χ0n) is 16.8. The predicted octanol–water partition coefficient (Wildman–Crippen LogP) is 4.45. The second kappa shape index (κ2) is 9.45. The van der Waals surface area contributed by atoms with Gasteiger partial charge in [0, 0.05) is 11.5 Å². The van der Waals surface area contributed by atoms with Crippen molar-refractivity contribution in [2.45, 2.75) is 18.4 Å². The minimum absolute atomic E-state index is 0.108. The molecule has 3 aromatic rings. The van der Waals surface area contributed by atoms with Crippen LogP contribution in [0.1, 0.15) is 12.5 Å². The molecule has 1 amide bonds. The monoisotopic (exact) mass is 427 g/mol. The van der Waals surface area contributed by atoms with Gasteiger partial charge in [-0.1, -0.05) is 18.7 Å². The summed E-state index contributed by atoms with van der Waals surface area (Å²) in [6.45, 7) is 2.04. The number of methoxy groups -OCH3 is 2. The van der Waals surface area contributed by atoms with Gasteiger partial charge in [0.25, 0.3) is 5.69 Å². The molecule has 0 fully saturated rings. The number of hydrogen-bond donors (Lipinski definition) is 1. The quantitative estimate of drug-likeness (QED) is 0.322. The molecule has 1 heterocycles. The van der Waals surface area contributed by atoms with Crippen LogP contribution in [0.3, 0.4) is 0 Å². The Balaban J connectivity index is 1.74. The molecule has 0 aliphatic carbocycles. The first-order valence-electron chi connectivity index (χ1n) is 9.18. The number of nitro benzene ring substituents is 1. The van der Waals surface area contributed by atoms with Crippen LogP contribution in [0.15, 0.2) is 47.5 Å². The van der Waals surface area contributed by atoms with Crippen LogP contribution in [-0.2, 0) is 11.2 Å². The Morgan fingerprint density at radius 3 is 2.63 bits per heavy atom. The molecule has 0 atom stereocenters. The van der Waals surface area contributed by atoms with Crippen LogP contribution >= 0.6 is 11.8 Å². The first-order chi connectivity index (χ1) is 14.4. The van der Waals surface area contributed by atoms with Crippen LogP contribution in [0.5, 0.6) is 11.5 Å². The van der Waals surface area contributed by atoms with Crippen LogP contribution in [0.25, 0.3) is 10.9 Å². The summed E-state index contributed by atoms with van der Waals surface area (Å²) < 4.78 is 10.4. The molecule has 0 unspecified atom stereocenters. The van der Waals surface area contributed by atoms with Gasteiger partial charge in [0.1, 0.15) is 16.5 Å². The molecule has 9 heteroatoms. The molecule has 0 radical (unpaired) electrons. The minimum Gasteiger partial charge on any atom is -0.497 e. The summed E-state index contributed by atoms with van der Waals surface area (Å²) in [6, 6.07) is 11.8. The number of benzene rings is 2. The number of thioether (sulfide) groups is 1. The molecule has 2 aromatic carbocycles. The van der Waals surface area contributed by atoms with Gasteiger partial charge in [-0.2, -0.15) is 0 Å². The number of fused-ring (bicyclic) bond motifs is 1. The maximum Gasteiger partial charge on any atom is 0.273 e. The summed E-state index contributed by atoms with van der Waals surface area (Å²) in [4.78, 5) is 27.5. The number of aryl methyl sites for hydroxylation is 1. The van der Waals surface area contributed by atoms with E-state index in [4.69, 9.17) is 14.5 Å². The number of amides is 1. The number of ether oxygens (including phenoxy) is 2. The average molecular weight is 427 g/mol. The van der Waals surface area contributed by atoms with Gasteiger partial charge >= 0.3 is 0 Å². The minimum atomic E-state index is -0.517. The fourth-order valence-electron chi connectivity index (χ4n) is 2.90. The second-order valence-corrected chi connectivity index (χ2v) is 7.31. The Morgan fingerprint density at radius 2 is 1.97 bits per heavy atom. The van der Waals surface area contributed by atoms with E-state index in [-0.39, 0.29) is 23.1 Å². The summed E-state index contributed by atoms with van der Waals surface area (Å²) in [6.07, 6.45) is 0.778. The van der Waals surface area contributed by atoms with Crippen LogP contribution in [0.4, 0.5) is 11.4 Å². The lowest BCUT2D eigenvalue weighted by Gasteiger charge is -2.11. The SMILES string of the molecule is CCc1cc2cc(OC)ccc2nc1SCC(=O)Nc1ccc([N+](=O)[O-])cc1OC. The molecular weight excluding hydrogens is 406 g/mol. The number of non-ortho nitro benzene ring substituents is 1. The van der Waals surface area contributed by atoms with Gasteiger partial charge in [0.15, 0.2) is 0 Å². The molecule has 3 rings (SSSR count). The Bertz CT molecular complexity index is 1100. The molecule has 0 saturated carbocycles. The number of nitrogens with zero attached hydrogens (tertiary/aromatic N) is 2. The van der Waals surface area contributed by atoms with E-state index in [1.54, 1.807) is 7.11 Å². The van der Waals surface area contributed by atoms with Crippen LogP contribution in [0, 0.1) is 10.1 Å². The number of carbonyl (C=O) groups excluding carboxylic acids is 1. The van der Waals surface area contributed by atoms with E-state index >= 15 is 0 Å². The molecule has 1 aromatic heterocycles. The third-order valence-corrected chi connectivity index (χ3v) is 5.49. The van der Waals surface area contributed by atoms with E-state index in [2.05, 4.69) is 11.4 Å². The maximum atomic E-state index is 12.5. The highest BCUT2D eigenvalue weighted by molar-refractivity contribution is 8.00. The molecule has 0 spiro atoms. The van der Waals surface area contributed by atoms with Crippen LogP contribution in [-0.4, -0.2) is 35.8 Å². The summed E-state index contributed by atoms with van der Waals surface area (Å²) in [5.74, 6) is 0.880. The van der Waals surface area contributed by atoms with Crippen molar-refractivity contribution in [2.75, 3.05) is 25.3 Å². The van der Waals surface area contributed by atoms with Crippen molar-refractivity contribution < 1.29 is 19.2 Å². The first-order valence-corrected chi connectivity index (χ1v) is 10.2. The lowest BCUT2D eigenvalue weighted by atomic mass is 10.1. The van der Waals surface area contributed by atoms with Gasteiger partial charge in [-0.15, -0.1) is 0 Å². The predicted molar refractivity (Wildman–Crippen MR) is 117 cm³/mol. The molecule has 0 aliphatic rings. The van der Waals surface area contributed by atoms with Crippen molar-refractivity contribution in [3.63, 3.8) is 0 Å². The third kappa shape index (κ3) is 4.80. The highest BCUT2D eigenvalue weighted by atomic mass is 32.2. The topological polar surface area (TPSA) is 104 Å². The normalized spacial score (nSPS) is 10.6. The van der Waals surface area contributed by atoms with Gasteiger partial charge in [-0.25, -0.2) is 4.98 Å². The molecule has 156 valence electrons. The lowest BCUT2D eigenvalue weighted by molar-refractivity contribution is -0.384. The van der Waals surface area contributed by atoms with Crippen LogP contribution in [0.2, 0.25) is 0 Å². The van der Waals surface area contributed by atoms with Crippen molar-refractivity contribution in [1.29, 1.82) is 0 Å². The zero-order chi connectivity index (χ0) is 21.7. The highest BCUT2D eigenvalue weighted by Crippen LogP contribution is 2.30. The molecule has 0 saturated heterocycles. The highest BCUT2D eigenvalue weighted by Gasteiger charge is 2.15. The van der Waals surface area contributed by atoms with Crippen molar-refractivity contribution in [3.05, 3.63) is 58.1 Å². The van der Waals surface area contributed by atoms with Gasteiger partial charge in [-0.3, -0.25) is 14.9 Å². The summed E-state index contributed by atoms with van der Waals surface area (Å²) in [5.41, 5.74) is 2.14. The standard InChI is InChI=1S/C21H21N3O5S/c1-4-13-9-14-10-16(28-2)6-8-17(14)23-21(13)30-12-20(25)22-18-7-5-15(24(26)27)11-19(18)29-3/h5-11H,4,12H2,1-3H3,(H,22,25). The van der Waals surface area contributed by atoms with E-state index < -0.39 is 4.92 Å². The van der Waals surface area contributed by atoms with Crippen LogP contribution < -0.4 is 14.8 Å². The molecule has 0 bridgehead atoms. The second-order valence-electron chi connectivity index (χ2n) is 6.34. The van der Waals surface area contributed by atoms with Crippen molar-refractivity contribution in [3.8, 4) is 11.5 Å². The average Bonchev–Trinajstić information content (AvgIpc) is 2.76. The Hall–Kier alpha value is -3.33. The van der Waals surface area contributed by atoms with E-state index in [9.17, 15) is 14.9 Å². The Labute approximate surface area is 177 Å². The van der Waals surface area contributed by atoms with Gasteiger partial charge in [0.05, 0.1) is 42.2 Å². The van der Waals surface area contributed by atoms with Crippen molar-refractivity contribution >= 4 is 39.9 Å². The first kappa shape index (κ1) is 21.4. The zero-order valence-corrected chi connectivity index (χ0v) is 17.6. The Morgan fingerprint density at radius 1 is 1.17 bits per heavy atom. The number of aromatic nitrogens is 1. The number of pyridine rings is 1. The van der Waals surface area contributed by atoms with E-state index in [0.717, 1.165) is 33.7 Å². The molecule has 30 heavy (non-hydrogen) atoms. The summed E-state index contributed by atoms with van der Waals surface area (Å²) >= 11 is 1.34. The van der Waals surface area contributed by atoms with Gasteiger partial charge < -0.3 is 14.8 Å². The maximum absolute atomic E-state index is 12.5. The Kier molecular flexibility index (Phi) is 6.73. The summed E-state index contributed by atoms with van der Waals surface area (Å²) in [7, 11) is 3.02. The van der Waals surface area contributed by atoms with E-state index in [1.165, 1.54) is 37.1 Å². The largest absolute Gasteiger partial charge is 0.497 e. The van der Waals surface area contributed by atoms with Crippen molar-refractivity contribution in [2.24, 2.45) is 0 Å². The molecule has 8 nitrogen and oxygen atoms in total. The van der Waals surface area contributed by atoms with Gasteiger partial charge in [0.2, 0.25) is 5.91 Å². The van der Waals surface area contributed by atoms with Crippen molar-refractivity contribution in [1.82, 2.24) is 4.98 Å². The number of anilines is 1.